The molecule has 0 aliphatic carbocycles. The lowest BCUT2D eigenvalue weighted by Gasteiger charge is -2.04. The molecular weight excluding hydrogens is 228 g/mol. The fourth-order valence-corrected chi connectivity index (χ4v) is 2.52. The smallest absolute Gasteiger partial charge is 0.107 e. The second kappa shape index (κ2) is 5.94. The Morgan fingerprint density at radius 2 is 2.18 bits per heavy atom. The monoisotopic (exact) mass is 246 g/mol. The fraction of sp³-hybridized carbons (Fsp3) is 0.357. The number of aromatic nitrogens is 1. The van der Waals surface area contributed by atoms with Crippen LogP contribution in [0.5, 0.6) is 0 Å². The third-order valence-corrected chi connectivity index (χ3v) is 3.58. The van der Waals surface area contributed by atoms with Gasteiger partial charge in [-0.3, -0.25) is 0 Å². The van der Waals surface area contributed by atoms with Crippen molar-refractivity contribution in [2.24, 2.45) is 0 Å². The van der Waals surface area contributed by atoms with E-state index in [9.17, 15) is 0 Å². The summed E-state index contributed by atoms with van der Waals surface area (Å²) < 4.78 is 0. The first kappa shape index (κ1) is 12.3. The summed E-state index contributed by atoms with van der Waals surface area (Å²) in [5.41, 5.74) is 3.84. The number of thiazole rings is 1. The van der Waals surface area contributed by atoms with Crippen LogP contribution in [-0.2, 0) is 13.0 Å². The second-order valence-corrected chi connectivity index (χ2v) is 5.24. The third kappa shape index (κ3) is 3.95. The summed E-state index contributed by atoms with van der Waals surface area (Å²) in [6.07, 6.45) is 1.08. The molecule has 0 saturated heterocycles. The molecule has 0 amide bonds. The van der Waals surface area contributed by atoms with Crippen LogP contribution in [0.2, 0.25) is 0 Å². The summed E-state index contributed by atoms with van der Waals surface area (Å²) in [6, 6.07) is 8.68. The molecule has 1 aromatic carbocycles. The highest BCUT2D eigenvalue weighted by Gasteiger charge is 1.98. The number of aryl methyl sites for hydroxylation is 2. The van der Waals surface area contributed by atoms with Crippen LogP contribution < -0.4 is 5.32 Å². The summed E-state index contributed by atoms with van der Waals surface area (Å²) in [6.45, 7) is 6.05. The Labute approximate surface area is 107 Å². The van der Waals surface area contributed by atoms with Crippen molar-refractivity contribution >= 4 is 11.3 Å². The lowest BCUT2D eigenvalue weighted by Crippen LogP contribution is -2.16. The molecule has 90 valence electrons. The highest BCUT2D eigenvalue weighted by molar-refractivity contribution is 7.09. The van der Waals surface area contributed by atoms with Gasteiger partial charge in [0.1, 0.15) is 5.01 Å². The number of rotatable bonds is 5. The van der Waals surface area contributed by atoms with Crippen molar-refractivity contribution in [3.8, 4) is 0 Å². The fourth-order valence-electron chi connectivity index (χ4n) is 1.78. The predicted octanol–water partition coefficient (Wildman–Crippen LogP) is 3.09. The van der Waals surface area contributed by atoms with Crippen LogP contribution in [0.15, 0.2) is 29.6 Å². The molecule has 0 aliphatic rings. The van der Waals surface area contributed by atoms with Gasteiger partial charge < -0.3 is 5.32 Å². The third-order valence-electron chi connectivity index (χ3n) is 2.62. The summed E-state index contributed by atoms with van der Waals surface area (Å²) >= 11 is 1.72. The zero-order valence-electron chi connectivity index (χ0n) is 10.4. The Kier molecular flexibility index (Phi) is 4.29. The van der Waals surface area contributed by atoms with Gasteiger partial charge in [-0.25, -0.2) is 4.98 Å². The molecule has 0 spiro atoms. The van der Waals surface area contributed by atoms with Crippen LogP contribution in [-0.4, -0.2) is 11.5 Å². The highest BCUT2D eigenvalue weighted by Crippen LogP contribution is 2.08. The predicted molar refractivity (Wildman–Crippen MR) is 73.4 cm³/mol. The lowest BCUT2D eigenvalue weighted by atomic mass is 10.1. The van der Waals surface area contributed by atoms with Gasteiger partial charge in [0.15, 0.2) is 0 Å². The molecule has 1 N–H and O–H groups in total. The van der Waals surface area contributed by atoms with E-state index in [0.717, 1.165) is 25.2 Å². The zero-order chi connectivity index (χ0) is 12.1. The van der Waals surface area contributed by atoms with E-state index >= 15 is 0 Å². The van der Waals surface area contributed by atoms with E-state index in [1.807, 2.05) is 6.92 Å². The molecule has 2 rings (SSSR count). The van der Waals surface area contributed by atoms with Gasteiger partial charge in [0, 0.05) is 17.6 Å². The topological polar surface area (TPSA) is 24.9 Å². The maximum atomic E-state index is 4.43. The number of hydrogen-bond donors (Lipinski definition) is 1. The van der Waals surface area contributed by atoms with E-state index in [1.165, 1.54) is 16.1 Å². The van der Waals surface area contributed by atoms with Gasteiger partial charge in [0.05, 0.1) is 0 Å². The summed E-state index contributed by atoms with van der Waals surface area (Å²) in [4.78, 5) is 4.43. The Morgan fingerprint density at radius 3 is 2.88 bits per heavy atom. The van der Waals surface area contributed by atoms with Gasteiger partial charge in [0.2, 0.25) is 0 Å². The van der Waals surface area contributed by atoms with Gasteiger partial charge in [-0.15, -0.1) is 11.3 Å². The zero-order valence-corrected chi connectivity index (χ0v) is 11.2. The molecule has 0 radical (unpaired) electrons. The van der Waals surface area contributed by atoms with Gasteiger partial charge in [-0.2, -0.15) is 0 Å². The molecule has 1 aromatic heterocycles. The van der Waals surface area contributed by atoms with Crippen molar-refractivity contribution in [2.45, 2.75) is 26.8 Å². The molecule has 0 aliphatic heterocycles. The van der Waals surface area contributed by atoms with E-state index in [0.29, 0.717) is 0 Å². The molecule has 2 nitrogen and oxygen atoms in total. The molecular formula is C14H18N2S. The first-order chi connectivity index (χ1) is 8.24. The minimum Gasteiger partial charge on any atom is -0.310 e. The molecule has 2 aromatic rings. The minimum atomic E-state index is 0.879. The van der Waals surface area contributed by atoms with Crippen LogP contribution in [0.25, 0.3) is 0 Å². The Hall–Kier alpha value is -1.19. The largest absolute Gasteiger partial charge is 0.310 e. The van der Waals surface area contributed by atoms with E-state index in [1.54, 1.807) is 11.3 Å². The molecule has 0 atom stereocenters. The molecule has 1 heterocycles. The van der Waals surface area contributed by atoms with Crippen molar-refractivity contribution in [1.29, 1.82) is 0 Å². The van der Waals surface area contributed by atoms with Gasteiger partial charge in [-0.1, -0.05) is 29.8 Å². The molecule has 3 heteroatoms. The normalized spacial score (nSPS) is 10.7. The number of nitrogens with zero attached hydrogens (tertiary/aromatic N) is 1. The van der Waals surface area contributed by atoms with Crippen molar-refractivity contribution in [2.75, 3.05) is 6.54 Å². The van der Waals surface area contributed by atoms with E-state index in [2.05, 4.69) is 46.9 Å². The summed E-state index contributed by atoms with van der Waals surface area (Å²) in [5.74, 6) is 0. The van der Waals surface area contributed by atoms with Crippen LogP contribution >= 0.6 is 11.3 Å². The maximum absolute atomic E-state index is 4.43. The summed E-state index contributed by atoms with van der Waals surface area (Å²) in [7, 11) is 0. The van der Waals surface area contributed by atoms with E-state index < -0.39 is 0 Å². The highest BCUT2D eigenvalue weighted by atomic mass is 32.1. The van der Waals surface area contributed by atoms with Crippen LogP contribution in [0, 0.1) is 13.8 Å². The average Bonchev–Trinajstić information content (AvgIpc) is 2.71. The molecule has 0 unspecified atom stereocenters. The first-order valence-electron chi connectivity index (χ1n) is 5.91. The van der Waals surface area contributed by atoms with Gasteiger partial charge >= 0.3 is 0 Å². The standard InChI is InChI=1S/C14H18N2S/c1-11-4-3-5-13(8-11)6-7-15-9-14-16-12(2)10-17-14/h3-5,8,10,15H,6-7,9H2,1-2H3. The quantitative estimate of drug-likeness (QED) is 0.820. The molecule has 0 bridgehead atoms. The van der Waals surface area contributed by atoms with Crippen molar-refractivity contribution in [3.05, 3.63) is 51.5 Å². The number of benzene rings is 1. The molecule has 17 heavy (non-hydrogen) atoms. The Morgan fingerprint density at radius 1 is 1.29 bits per heavy atom. The molecule has 0 saturated carbocycles. The Bertz CT molecular complexity index is 477. The maximum Gasteiger partial charge on any atom is 0.107 e. The number of hydrogen-bond acceptors (Lipinski definition) is 3. The lowest BCUT2D eigenvalue weighted by molar-refractivity contribution is 0.683. The van der Waals surface area contributed by atoms with Gasteiger partial charge in [0.25, 0.3) is 0 Å². The van der Waals surface area contributed by atoms with Crippen LogP contribution in [0.3, 0.4) is 0 Å². The van der Waals surface area contributed by atoms with Crippen molar-refractivity contribution in [3.63, 3.8) is 0 Å². The van der Waals surface area contributed by atoms with Crippen LogP contribution in [0.4, 0.5) is 0 Å². The van der Waals surface area contributed by atoms with Crippen molar-refractivity contribution in [1.82, 2.24) is 10.3 Å². The van der Waals surface area contributed by atoms with Crippen LogP contribution in [0.1, 0.15) is 21.8 Å². The second-order valence-electron chi connectivity index (χ2n) is 4.30. The van der Waals surface area contributed by atoms with Crippen molar-refractivity contribution < 1.29 is 0 Å². The van der Waals surface area contributed by atoms with E-state index in [-0.39, 0.29) is 0 Å². The van der Waals surface area contributed by atoms with Gasteiger partial charge in [-0.05, 0) is 32.4 Å². The average molecular weight is 246 g/mol. The Balaban J connectivity index is 1.73. The minimum absolute atomic E-state index is 0.879. The summed E-state index contributed by atoms with van der Waals surface area (Å²) in [5, 5.41) is 6.70. The SMILES string of the molecule is Cc1cccc(CCNCc2nc(C)cs2)c1. The van der Waals surface area contributed by atoms with E-state index in [4.69, 9.17) is 0 Å². The first-order valence-corrected chi connectivity index (χ1v) is 6.79. The number of nitrogens with one attached hydrogen (secondary N) is 1. The molecule has 0 fully saturated rings.